The molecule has 0 aliphatic heterocycles. The van der Waals surface area contributed by atoms with Crippen LogP contribution in [0.25, 0.3) is 0 Å². The summed E-state index contributed by atoms with van der Waals surface area (Å²) in [5.74, 6) is -1.59. The van der Waals surface area contributed by atoms with Gasteiger partial charge in [-0.2, -0.15) is 0 Å². The van der Waals surface area contributed by atoms with Gasteiger partial charge >= 0.3 is 11.8 Å². The summed E-state index contributed by atoms with van der Waals surface area (Å²) >= 11 is 0. The first kappa shape index (κ1) is 13.8. The maximum Gasteiger partial charge on any atom is 0.314 e. The molecule has 1 atom stereocenters. The summed E-state index contributed by atoms with van der Waals surface area (Å²) in [7, 11) is 1.78. The highest BCUT2D eigenvalue weighted by Crippen LogP contribution is 2.11. The number of aliphatic hydroxyl groups excluding tert-OH is 1. The van der Waals surface area contributed by atoms with Gasteiger partial charge in [-0.3, -0.25) is 14.9 Å². The lowest BCUT2D eigenvalue weighted by atomic mass is 10.2. The largest absolute Gasteiger partial charge is 0.385 e. The maximum atomic E-state index is 11.5. The molecule has 2 amide bonds. The van der Waals surface area contributed by atoms with Gasteiger partial charge in [-0.25, -0.2) is 0 Å². The summed E-state index contributed by atoms with van der Waals surface area (Å²) < 4.78 is 6.24. The van der Waals surface area contributed by atoms with Crippen molar-refractivity contribution in [3.8, 4) is 0 Å². The van der Waals surface area contributed by atoms with E-state index in [1.54, 1.807) is 29.9 Å². The Labute approximate surface area is 114 Å². The first-order chi connectivity index (χ1) is 9.58. The fraction of sp³-hybridized carbons (Fsp3) is 0.250. The van der Waals surface area contributed by atoms with E-state index in [0.717, 1.165) is 0 Å². The highest BCUT2D eigenvalue weighted by atomic mass is 16.5. The zero-order chi connectivity index (χ0) is 14.5. The Hall–Kier alpha value is -2.61. The van der Waals surface area contributed by atoms with E-state index in [4.69, 9.17) is 0 Å². The van der Waals surface area contributed by atoms with Crippen LogP contribution in [-0.2, 0) is 16.6 Å². The number of rotatable bonds is 4. The second kappa shape index (κ2) is 6.02. The number of anilines is 1. The fourth-order valence-electron chi connectivity index (χ4n) is 1.64. The highest BCUT2D eigenvalue weighted by Gasteiger charge is 2.17. The zero-order valence-corrected chi connectivity index (χ0v) is 10.7. The molecule has 2 rings (SSSR count). The van der Waals surface area contributed by atoms with Gasteiger partial charge in [-0.1, -0.05) is 5.16 Å². The third kappa shape index (κ3) is 3.23. The Morgan fingerprint density at radius 3 is 2.85 bits per heavy atom. The third-order valence-corrected chi connectivity index (χ3v) is 2.67. The van der Waals surface area contributed by atoms with Gasteiger partial charge in [0.25, 0.3) is 0 Å². The average molecular weight is 278 g/mol. The van der Waals surface area contributed by atoms with E-state index < -0.39 is 17.9 Å². The Morgan fingerprint density at radius 1 is 1.45 bits per heavy atom. The minimum absolute atomic E-state index is 0.0665. The van der Waals surface area contributed by atoms with E-state index in [2.05, 4.69) is 20.3 Å². The van der Waals surface area contributed by atoms with Gasteiger partial charge in [0.2, 0.25) is 0 Å². The Kier molecular flexibility index (Phi) is 4.16. The van der Waals surface area contributed by atoms with Crippen molar-refractivity contribution in [1.29, 1.82) is 0 Å². The topological polar surface area (TPSA) is 109 Å². The average Bonchev–Trinajstić information content (AvgIpc) is 3.06. The molecule has 0 aromatic carbocycles. The monoisotopic (exact) mass is 278 g/mol. The number of nitrogens with zero attached hydrogens (tertiary/aromatic N) is 2. The molecule has 2 aromatic rings. The third-order valence-electron chi connectivity index (χ3n) is 2.67. The lowest BCUT2D eigenvalue weighted by molar-refractivity contribution is -0.136. The molecule has 2 aromatic heterocycles. The van der Waals surface area contributed by atoms with Crippen LogP contribution in [0.15, 0.2) is 35.2 Å². The minimum Gasteiger partial charge on any atom is -0.385 e. The minimum atomic E-state index is -0.890. The van der Waals surface area contributed by atoms with Crippen LogP contribution in [-0.4, -0.2) is 33.2 Å². The number of aromatic nitrogens is 2. The molecule has 0 aliphatic carbocycles. The molecule has 106 valence electrons. The van der Waals surface area contributed by atoms with E-state index in [0.29, 0.717) is 5.69 Å². The van der Waals surface area contributed by atoms with Crippen LogP contribution in [0, 0.1) is 0 Å². The van der Waals surface area contributed by atoms with Crippen LogP contribution in [0.4, 0.5) is 5.82 Å². The van der Waals surface area contributed by atoms with E-state index in [1.165, 1.54) is 12.3 Å². The van der Waals surface area contributed by atoms with E-state index in [-0.39, 0.29) is 12.4 Å². The number of aliphatic hydroxyl groups is 1. The predicted molar refractivity (Wildman–Crippen MR) is 68.5 cm³/mol. The summed E-state index contributed by atoms with van der Waals surface area (Å²) in [5.41, 5.74) is 0.641. The summed E-state index contributed by atoms with van der Waals surface area (Å²) in [6, 6.07) is 4.91. The molecular weight excluding hydrogens is 264 g/mol. The lowest BCUT2D eigenvalue weighted by Crippen LogP contribution is -2.37. The lowest BCUT2D eigenvalue weighted by Gasteiger charge is -2.12. The number of hydrogen-bond donors (Lipinski definition) is 3. The number of hydrogen-bond acceptors (Lipinski definition) is 5. The Morgan fingerprint density at radius 2 is 2.25 bits per heavy atom. The molecule has 0 spiro atoms. The number of carbonyl (C=O) groups excluding carboxylic acids is 2. The van der Waals surface area contributed by atoms with Crippen molar-refractivity contribution < 1.29 is 19.2 Å². The van der Waals surface area contributed by atoms with Crippen LogP contribution in [0.3, 0.4) is 0 Å². The molecule has 0 radical (unpaired) electrons. The van der Waals surface area contributed by atoms with Crippen molar-refractivity contribution in [1.82, 2.24) is 15.0 Å². The smallest absolute Gasteiger partial charge is 0.314 e. The van der Waals surface area contributed by atoms with E-state index in [1.807, 2.05) is 0 Å². The van der Waals surface area contributed by atoms with E-state index >= 15 is 0 Å². The molecule has 0 bridgehead atoms. The molecule has 2 heterocycles. The Bertz CT molecular complexity index is 590. The summed E-state index contributed by atoms with van der Waals surface area (Å²) in [6.07, 6.45) is 2.16. The molecule has 20 heavy (non-hydrogen) atoms. The van der Waals surface area contributed by atoms with Crippen LogP contribution < -0.4 is 10.6 Å². The second-order valence-corrected chi connectivity index (χ2v) is 4.11. The summed E-state index contributed by atoms with van der Waals surface area (Å²) in [6.45, 7) is -0.0665. The van der Waals surface area contributed by atoms with Crippen LogP contribution in [0.1, 0.15) is 11.8 Å². The predicted octanol–water partition coefficient (Wildman–Crippen LogP) is -0.199. The van der Waals surface area contributed by atoms with Crippen LogP contribution in [0.5, 0.6) is 0 Å². The van der Waals surface area contributed by atoms with Gasteiger partial charge in [0.15, 0.2) is 5.82 Å². The van der Waals surface area contributed by atoms with Gasteiger partial charge in [0.1, 0.15) is 12.4 Å². The van der Waals surface area contributed by atoms with E-state index in [9.17, 15) is 14.7 Å². The number of amides is 2. The summed E-state index contributed by atoms with van der Waals surface area (Å²) in [5, 5.41) is 17.9. The normalized spacial score (nSPS) is 11.9. The molecule has 8 heteroatoms. The first-order valence-corrected chi connectivity index (χ1v) is 5.87. The van der Waals surface area contributed by atoms with Gasteiger partial charge < -0.3 is 19.5 Å². The quantitative estimate of drug-likeness (QED) is 0.671. The van der Waals surface area contributed by atoms with Crippen molar-refractivity contribution in [2.75, 3.05) is 11.9 Å². The maximum absolute atomic E-state index is 11.5. The summed E-state index contributed by atoms with van der Waals surface area (Å²) in [4.78, 5) is 23.0. The molecule has 0 aliphatic rings. The van der Waals surface area contributed by atoms with Crippen LogP contribution >= 0.6 is 0 Å². The zero-order valence-electron chi connectivity index (χ0n) is 10.7. The molecule has 3 N–H and O–H groups in total. The van der Waals surface area contributed by atoms with Gasteiger partial charge in [0, 0.05) is 31.5 Å². The van der Waals surface area contributed by atoms with Gasteiger partial charge in [-0.05, 0) is 12.1 Å². The van der Waals surface area contributed by atoms with Crippen molar-refractivity contribution in [2.45, 2.75) is 6.10 Å². The molecule has 0 saturated carbocycles. The van der Waals surface area contributed by atoms with Crippen molar-refractivity contribution in [2.24, 2.45) is 7.05 Å². The van der Waals surface area contributed by atoms with Gasteiger partial charge in [-0.15, -0.1) is 0 Å². The van der Waals surface area contributed by atoms with Gasteiger partial charge in [0.05, 0.1) is 0 Å². The van der Waals surface area contributed by atoms with Crippen molar-refractivity contribution >= 4 is 17.6 Å². The fourth-order valence-corrected chi connectivity index (χ4v) is 1.64. The van der Waals surface area contributed by atoms with Crippen LogP contribution in [0.2, 0.25) is 0 Å². The molecule has 8 nitrogen and oxygen atoms in total. The number of aryl methyl sites for hydroxylation is 1. The Balaban J connectivity index is 1.83. The highest BCUT2D eigenvalue weighted by molar-refractivity contribution is 6.39. The molecule has 0 saturated heterocycles. The molecular formula is C12H14N4O4. The first-order valence-electron chi connectivity index (χ1n) is 5.87. The molecule has 0 unspecified atom stereocenters. The van der Waals surface area contributed by atoms with Crippen molar-refractivity contribution in [3.63, 3.8) is 0 Å². The number of nitrogens with one attached hydrogen (secondary N) is 2. The second-order valence-electron chi connectivity index (χ2n) is 4.11. The number of carbonyl (C=O) groups is 2. The SMILES string of the molecule is Cn1cccc1[C@H](O)CNC(=O)C(=O)Nc1ccon1. The standard InChI is InChI=1S/C12H14N4O4/c1-16-5-2-3-8(16)9(17)7-13-11(18)12(19)14-10-4-6-20-15-10/h2-6,9,17H,7H2,1H3,(H,13,18)(H,14,15,19)/t9-/m1/s1. The molecule has 0 fully saturated rings. The van der Waals surface area contributed by atoms with Crippen molar-refractivity contribution in [3.05, 3.63) is 36.4 Å².